The number of non-ortho nitro benzene ring substituents is 1. The first kappa shape index (κ1) is 23.1. The van der Waals surface area contributed by atoms with Crippen LogP contribution in [0.4, 0.5) is 18.9 Å². The summed E-state index contributed by atoms with van der Waals surface area (Å²) in [6.07, 6.45) is -4.34. The number of hydrogen-bond acceptors (Lipinski definition) is 4. The number of nitro benzene ring substituents is 1. The van der Waals surface area contributed by atoms with Crippen molar-refractivity contribution in [3.8, 4) is 0 Å². The molecule has 2 aromatic carbocycles. The molecule has 2 N–H and O–H groups in total. The molecule has 0 spiro atoms. The Morgan fingerprint density at radius 1 is 1.10 bits per heavy atom. The maximum atomic E-state index is 12.1. The van der Waals surface area contributed by atoms with Crippen molar-refractivity contribution in [3.05, 3.63) is 75.3 Å². The number of nitrogens with zero attached hydrogens (tertiary/aromatic N) is 2. The van der Waals surface area contributed by atoms with E-state index in [0.717, 1.165) is 5.56 Å². The zero-order valence-corrected chi connectivity index (χ0v) is 16.4. The van der Waals surface area contributed by atoms with Crippen LogP contribution in [-0.2, 0) is 24.4 Å². The van der Waals surface area contributed by atoms with Gasteiger partial charge in [0.2, 0.25) is 0 Å². The lowest BCUT2D eigenvalue weighted by Crippen LogP contribution is -2.36. The number of hydrogen-bond donors (Lipinski definition) is 2. The van der Waals surface area contributed by atoms with Crippen LogP contribution in [0.3, 0.4) is 0 Å². The maximum Gasteiger partial charge on any atom is 0.411 e. The van der Waals surface area contributed by atoms with Crippen LogP contribution in [0.5, 0.6) is 0 Å². The summed E-state index contributed by atoms with van der Waals surface area (Å²) < 4.78 is 41.0. The molecule has 7 nitrogen and oxygen atoms in total. The average Bonchev–Trinajstić information content (AvgIpc) is 2.70. The molecule has 0 aliphatic heterocycles. The lowest BCUT2D eigenvalue weighted by molar-refractivity contribution is -0.384. The van der Waals surface area contributed by atoms with E-state index in [0.29, 0.717) is 30.2 Å². The quantitative estimate of drug-likeness (QED) is 0.276. The van der Waals surface area contributed by atoms with E-state index in [9.17, 15) is 23.3 Å². The van der Waals surface area contributed by atoms with Gasteiger partial charge in [0.1, 0.15) is 6.61 Å². The van der Waals surface area contributed by atoms with E-state index >= 15 is 0 Å². The molecule has 30 heavy (non-hydrogen) atoms. The standard InChI is InChI=1S/C20H23F3N4O3/c1-2-24-19(26-12-17-4-3-5-18(10-17)27(28)29)25-11-15-6-8-16(9-7-15)13-30-14-20(21,22)23/h3-10H,2,11-14H2,1H3,(H2,24,25,26). The van der Waals surface area contributed by atoms with Gasteiger partial charge in [-0.25, -0.2) is 4.99 Å². The number of benzene rings is 2. The highest BCUT2D eigenvalue weighted by molar-refractivity contribution is 5.79. The minimum absolute atomic E-state index is 0.0139. The number of nitro groups is 1. The van der Waals surface area contributed by atoms with Gasteiger partial charge in [0.25, 0.3) is 5.69 Å². The third-order valence-corrected chi connectivity index (χ3v) is 3.90. The summed E-state index contributed by atoms with van der Waals surface area (Å²) >= 11 is 0. The van der Waals surface area contributed by atoms with Crippen LogP contribution in [0.15, 0.2) is 53.5 Å². The summed E-state index contributed by atoms with van der Waals surface area (Å²) in [4.78, 5) is 14.8. The monoisotopic (exact) mass is 424 g/mol. The second-order valence-corrected chi connectivity index (χ2v) is 6.40. The highest BCUT2D eigenvalue weighted by Crippen LogP contribution is 2.16. The topological polar surface area (TPSA) is 88.8 Å². The molecule has 0 saturated carbocycles. The van der Waals surface area contributed by atoms with Crippen LogP contribution >= 0.6 is 0 Å². The van der Waals surface area contributed by atoms with Gasteiger partial charge in [0, 0.05) is 25.2 Å². The van der Waals surface area contributed by atoms with Crippen molar-refractivity contribution in [2.45, 2.75) is 32.8 Å². The predicted molar refractivity (Wildman–Crippen MR) is 107 cm³/mol. The van der Waals surface area contributed by atoms with Crippen LogP contribution < -0.4 is 10.6 Å². The molecule has 0 fully saturated rings. The number of rotatable bonds is 9. The molecule has 0 atom stereocenters. The number of guanidine groups is 1. The molecular weight excluding hydrogens is 401 g/mol. The van der Waals surface area contributed by atoms with Gasteiger partial charge in [-0.3, -0.25) is 10.1 Å². The maximum absolute atomic E-state index is 12.1. The zero-order valence-electron chi connectivity index (χ0n) is 16.4. The van der Waals surface area contributed by atoms with Crippen molar-refractivity contribution in [1.82, 2.24) is 10.6 Å². The molecule has 0 aliphatic carbocycles. The zero-order chi connectivity index (χ0) is 22.0. The summed E-state index contributed by atoms with van der Waals surface area (Å²) in [7, 11) is 0. The minimum atomic E-state index is -4.34. The van der Waals surface area contributed by atoms with E-state index in [-0.39, 0.29) is 18.8 Å². The largest absolute Gasteiger partial charge is 0.411 e. The van der Waals surface area contributed by atoms with Crippen LogP contribution in [0.2, 0.25) is 0 Å². The smallest absolute Gasteiger partial charge is 0.367 e. The second-order valence-electron chi connectivity index (χ2n) is 6.40. The van der Waals surface area contributed by atoms with Crippen LogP contribution in [0.1, 0.15) is 23.6 Å². The first-order chi connectivity index (χ1) is 14.3. The van der Waals surface area contributed by atoms with E-state index in [1.54, 1.807) is 36.4 Å². The van der Waals surface area contributed by atoms with Crippen molar-refractivity contribution < 1.29 is 22.8 Å². The predicted octanol–water partition coefficient (Wildman–Crippen LogP) is 3.93. The highest BCUT2D eigenvalue weighted by atomic mass is 19.4. The lowest BCUT2D eigenvalue weighted by atomic mass is 10.1. The minimum Gasteiger partial charge on any atom is -0.367 e. The van der Waals surface area contributed by atoms with Crippen molar-refractivity contribution in [3.63, 3.8) is 0 Å². The first-order valence-corrected chi connectivity index (χ1v) is 9.24. The molecule has 0 unspecified atom stereocenters. The molecule has 162 valence electrons. The molecular formula is C20H23F3N4O3. The highest BCUT2D eigenvalue weighted by Gasteiger charge is 2.27. The van der Waals surface area contributed by atoms with Gasteiger partial charge < -0.3 is 15.4 Å². The molecule has 0 radical (unpaired) electrons. The Balaban J connectivity index is 1.90. The van der Waals surface area contributed by atoms with Gasteiger partial charge in [-0.15, -0.1) is 0 Å². The van der Waals surface area contributed by atoms with Crippen molar-refractivity contribution in [2.24, 2.45) is 4.99 Å². The fraction of sp³-hybridized carbons (Fsp3) is 0.350. The molecule has 0 bridgehead atoms. The molecule has 2 rings (SSSR count). The van der Waals surface area contributed by atoms with Crippen molar-refractivity contribution >= 4 is 11.6 Å². The fourth-order valence-corrected chi connectivity index (χ4v) is 2.50. The summed E-state index contributed by atoms with van der Waals surface area (Å²) in [5.41, 5.74) is 2.29. The SMILES string of the molecule is CCNC(=NCc1cccc([N+](=O)[O-])c1)NCc1ccc(COCC(F)(F)F)cc1. The summed E-state index contributed by atoms with van der Waals surface area (Å²) in [6, 6.07) is 13.3. The van der Waals surface area contributed by atoms with Gasteiger partial charge >= 0.3 is 6.18 Å². The van der Waals surface area contributed by atoms with E-state index in [4.69, 9.17) is 0 Å². The summed E-state index contributed by atoms with van der Waals surface area (Å²) in [5.74, 6) is 0.543. The summed E-state index contributed by atoms with van der Waals surface area (Å²) in [6.45, 7) is 1.89. The van der Waals surface area contributed by atoms with Crippen LogP contribution in [0.25, 0.3) is 0 Å². The average molecular weight is 424 g/mol. The van der Waals surface area contributed by atoms with E-state index in [1.165, 1.54) is 12.1 Å². The molecule has 0 aliphatic rings. The Morgan fingerprint density at radius 2 is 1.80 bits per heavy atom. The van der Waals surface area contributed by atoms with Gasteiger partial charge in [-0.2, -0.15) is 13.2 Å². The first-order valence-electron chi connectivity index (χ1n) is 9.24. The Hall–Kier alpha value is -3.14. The number of halogens is 3. The second kappa shape index (κ2) is 11.1. The third kappa shape index (κ3) is 8.48. The van der Waals surface area contributed by atoms with Gasteiger partial charge in [-0.1, -0.05) is 36.4 Å². The van der Waals surface area contributed by atoms with Crippen molar-refractivity contribution in [1.29, 1.82) is 0 Å². The van der Waals surface area contributed by atoms with E-state index in [2.05, 4.69) is 20.4 Å². The van der Waals surface area contributed by atoms with E-state index in [1.807, 2.05) is 6.92 Å². The number of nitrogens with one attached hydrogen (secondary N) is 2. The molecule has 0 aromatic heterocycles. The Bertz CT molecular complexity index is 855. The van der Waals surface area contributed by atoms with Crippen LogP contribution in [0, 0.1) is 10.1 Å². The molecule has 10 heteroatoms. The molecule has 2 aromatic rings. The Labute approximate surface area is 172 Å². The lowest BCUT2D eigenvalue weighted by Gasteiger charge is -2.12. The number of aliphatic imine (C=N–C) groups is 1. The number of alkyl halides is 3. The Kier molecular flexibility index (Phi) is 8.60. The summed E-state index contributed by atoms with van der Waals surface area (Å²) in [5, 5.41) is 17.1. The van der Waals surface area contributed by atoms with Crippen LogP contribution in [-0.4, -0.2) is 30.2 Å². The third-order valence-electron chi connectivity index (χ3n) is 3.90. The molecule has 0 heterocycles. The van der Waals surface area contributed by atoms with E-state index < -0.39 is 17.7 Å². The van der Waals surface area contributed by atoms with Crippen molar-refractivity contribution in [2.75, 3.05) is 13.2 Å². The fourth-order valence-electron chi connectivity index (χ4n) is 2.50. The molecule has 0 amide bonds. The number of ether oxygens (including phenoxy) is 1. The van der Waals surface area contributed by atoms with Gasteiger partial charge in [0.15, 0.2) is 5.96 Å². The van der Waals surface area contributed by atoms with Gasteiger partial charge in [0.05, 0.1) is 18.1 Å². The normalized spacial score (nSPS) is 11.9. The Morgan fingerprint density at radius 3 is 2.43 bits per heavy atom. The molecule has 0 saturated heterocycles. The van der Waals surface area contributed by atoms with Gasteiger partial charge in [-0.05, 0) is 23.6 Å².